The lowest BCUT2D eigenvalue weighted by Crippen LogP contribution is -2.28. The normalized spacial score (nSPS) is 12.2. The number of rotatable bonds is 9. The molecule has 0 heterocycles. The first-order valence-corrected chi connectivity index (χ1v) is 12.0. The van der Waals surface area contributed by atoms with E-state index >= 15 is 0 Å². The molecule has 3 rings (SSSR count). The Hall–Kier alpha value is -2.58. The molecule has 0 spiro atoms. The molecule has 0 aliphatic rings. The second kappa shape index (κ2) is 10.8. The maximum Gasteiger partial charge on any atom is 0.258 e. The van der Waals surface area contributed by atoms with Crippen LogP contribution in [0.3, 0.4) is 0 Å². The Kier molecular flexibility index (Phi) is 8.15. The van der Waals surface area contributed by atoms with Gasteiger partial charge in [-0.15, -0.1) is 0 Å². The molecule has 0 saturated heterocycles. The summed E-state index contributed by atoms with van der Waals surface area (Å²) in [6, 6.07) is 20.0. The summed E-state index contributed by atoms with van der Waals surface area (Å²) in [6.07, 6.45) is 0. The van der Waals surface area contributed by atoms with Gasteiger partial charge in [0.2, 0.25) is 10.0 Å². The molecule has 32 heavy (non-hydrogen) atoms. The number of hydrogen-bond acceptors (Lipinski definition) is 4. The summed E-state index contributed by atoms with van der Waals surface area (Å²) >= 11 is 12.0. The molecule has 0 radical (unpaired) electrons. The summed E-state index contributed by atoms with van der Waals surface area (Å²) in [5.74, 6) is -0.130. The molecule has 1 amide bonds. The lowest BCUT2D eigenvalue weighted by Gasteiger charge is -2.15. The van der Waals surface area contributed by atoms with Crippen LogP contribution in [0.25, 0.3) is 0 Å². The molecule has 1 atom stereocenters. The fourth-order valence-electron chi connectivity index (χ4n) is 2.87. The molecule has 0 aliphatic heterocycles. The molecule has 9 heteroatoms. The predicted molar refractivity (Wildman–Crippen MR) is 125 cm³/mol. The van der Waals surface area contributed by atoms with Crippen molar-refractivity contribution in [3.63, 3.8) is 0 Å². The molecule has 0 aromatic heterocycles. The van der Waals surface area contributed by atoms with E-state index in [1.165, 1.54) is 18.2 Å². The van der Waals surface area contributed by atoms with Gasteiger partial charge in [-0.05, 0) is 48.4 Å². The van der Waals surface area contributed by atoms with E-state index in [9.17, 15) is 13.2 Å². The van der Waals surface area contributed by atoms with E-state index in [1.807, 2.05) is 42.5 Å². The van der Waals surface area contributed by atoms with Crippen LogP contribution in [0.4, 0.5) is 0 Å². The Morgan fingerprint density at radius 3 is 2.34 bits per heavy atom. The Morgan fingerprint density at radius 2 is 1.69 bits per heavy atom. The van der Waals surface area contributed by atoms with Crippen LogP contribution in [0.1, 0.15) is 24.1 Å². The first-order chi connectivity index (χ1) is 15.2. The summed E-state index contributed by atoms with van der Waals surface area (Å²) in [5.41, 5.74) is 1.74. The molecular formula is C23H22Cl2N2O4S. The van der Waals surface area contributed by atoms with Crippen molar-refractivity contribution in [3.05, 3.63) is 94.0 Å². The largest absolute Gasteiger partial charge is 0.482 e. The van der Waals surface area contributed by atoms with E-state index in [0.29, 0.717) is 11.6 Å². The van der Waals surface area contributed by atoms with Gasteiger partial charge in [0.1, 0.15) is 5.75 Å². The number of halogens is 2. The van der Waals surface area contributed by atoms with Crippen molar-refractivity contribution < 1.29 is 17.9 Å². The van der Waals surface area contributed by atoms with Crippen LogP contribution >= 0.6 is 23.2 Å². The van der Waals surface area contributed by atoms with Gasteiger partial charge in [-0.25, -0.2) is 13.1 Å². The number of nitrogens with one attached hydrogen (secondary N) is 2. The molecular weight excluding hydrogens is 471 g/mol. The van der Waals surface area contributed by atoms with Gasteiger partial charge in [0.15, 0.2) is 6.61 Å². The Labute approximate surface area is 197 Å². The SMILES string of the molecule is C[C@H](NS(=O)(=O)c1ccc(OCC(=O)NCc2ccc(Cl)cc2)c(Cl)c1)c1ccccc1. The molecule has 0 unspecified atom stereocenters. The highest BCUT2D eigenvalue weighted by Gasteiger charge is 2.20. The average Bonchev–Trinajstić information content (AvgIpc) is 2.78. The van der Waals surface area contributed by atoms with Crippen molar-refractivity contribution in [2.75, 3.05) is 6.61 Å². The summed E-state index contributed by atoms with van der Waals surface area (Å²) < 4.78 is 33.5. The van der Waals surface area contributed by atoms with E-state index in [2.05, 4.69) is 10.0 Å². The third-order valence-electron chi connectivity index (χ3n) is 4.61. The highest BCUT2D eigenvalue weighted by molar-refractivity contribution is 7.89. The fourth-order valence-corrected chi connectivity index (χ4v) is 4.56. The first kappa shape index (κ1) is 24.1. The number of benzene rings is 3. The number of ether oxygens (including phenoxy) is 1. The van der Waals surface area contributed by atoms with E-state index in [-0.39, 0.29) is 28.2 Å². The number of carbonyl (C=O) groups is 1. The lowest BCUT2D eigenvalue weighted by molar-refractivity contribution is -0.123. The van der Waals surface area contributed by atoms with E-state index < -0.39 is 16.1 Å². The first-order valence-electron chi connectivity index (χ1n) is 9.75. The van der Waals surface area contributed by atoms with Crippen LogP contribution in [-0.2, 0) is 21.4 Å². The van der Waals surface area contributed by atoms with E-state index in [0.717, 1.165) is 11.1 Å². The van der Waals surface area contributed by atoms with Gasteiger partial charge in [0.25, 0.3) is 5.91 Å². The summed E-state index contributed by atoms with van der Waals surface area (Å²) in [4.78, 5) is 12.0. The fraction of sp³-hybridized carbons (Fsp3) is 0.174. The molecule has 0 bridgehead atoms. The van der Waals surface area contributed by atoms with Gasteiger partial charge in [-0.3, -0.25) is 4.79 Å². The number of hydrogen-bond donors (Lipinski definition) is 2. The van der Waals surface area contributed by atoms with Crippen LogP contribution in [-0.4, -0.2) is 20.9 Å². The zero-order valence-corrected chi connectivity index (χ0v) is 19.5. The number of sulfonamides is 1. The minimum Gasteiger partial charge on any atom is -0.482 e. The van der Waals surface area contributed by atoms with Crippen molar-refractivity contribution in [2.24, 2.45) is 0 Å². The highest BCUT2D eigenvalue weighted by atomic mass is 35.5. The number of carbonyl (C=O) groups excluding carboxylic acids is 1. The van der Waals surface area contributed by atoms with Crippen LogP contribution in [0, 0.1) is 0 Å². The van der Waals surface area contributed by atoms with Crippen molar-refractivity contribution in [1.29, 1.82) is 0 Å². The smallest absolute Gasteiger partial charge is 0.258 e. The minimum absolute atomic E-state index is 0.00446. The van der Waals surface area contributed by atoms with Crippen LogP contribution in [0.5, 0.6) is 5.75 Å². The van der Waals surface area contributed by atoms with E-state index in [4.69, 9.17) is 27.9 Å². The van der Waals surface area contributed by atoms with Gasteiger partial charge >= 0.3 is 0 Å². The quantitative estimate of drug-likeness (QED) is 0.452. The summed E-state index contributed by atoms with van der Waals surface area (Å²) in [7, 11) is -3.80. The van der Waals surface area contributed by atoms with Crippen molar-refractivity contribution >= 4 is 39.1 Å². The van der Waals surface area contributed by atoms with Crippen molar-refractivity contribution in [3.8, 4) is 5.75 Å². The number of amides is 1. The molecule has 3 aromatic carbocycles. The van der Waals surface area contributed by atoms with Gasteiger partial charge in [-0.1, -0.05) is 65.7 Å². The maximum atomic E-state index is 12.7. The van der Waals surface area contributed by atoms with Crippen LogP contribution in [0.15, 0.2) is 77.7 Å². The zero-order valence-electron chi connectivity index (χ0n) is 17.2. The molecule has 0 saturated carbocycles. The molecule has 3 aromatic rings. The summed E-state index contributed by atoms with van der Waals surface area (Å²) in [5, 5.41) is 3.43. The standard InChI is InChI=1S/C23H22Cl2N2O4S/c1-16(18-5-3-2-4-6-18)27-32(29,30)20-11-12-22(21(25)13-20)31-15-23(28)26-14-17-7-9-19(24)10-8-17/h2-13,16,27H,14-15H2,1H3,(H,26,28)/t16-/m0/s1. The third kappa shape index (κ3) is 6.71. The predicted octanol–water partition coefficient (Wildman–Crippen LogP) is 4.73. The van der Waals surface area contributed by atoms with Gasteiger partial charge < -0.3 is 10.1 Å². The Bertz CT molecular complexity index is 1170. The van der Waals surface area contributed by atoms with Crippen LogP contribution in [0.2, 0.25) is 10.0 Å². The van der Waals surface area contributed by atoms with Crippen molar-refractivity contribution in [1.82, 2.24) is 10.0 Å². The average molecular weight is 493 g/mol. The Balaban J connectivity index is 1.57. The molecule has 0 aliphatic carbocycles. The molecule has 168 valence electrons. The van der Waals surface area contributed by atoms with Gasteiger partial charge in [0, 0.05) is 17.6 Å². The maximum absolute atomic E-state index is 12.7. The van der Waals surface area contributed by atoms with E-state index in [1.54, 1.807) is 19.1 Å². The van der Waals surface area contributed by atoms with Gasteiger partial charge in [-0.2, -0.15) is 0 Å². The van der Waals surface area contributed by atoms with Gasteiger partial charge in [0.05, 0.1) is 9.92 Å². The minimum atomic E-state index is -3.80. The monoisotopic (exact) mass is 492 g/mol. The topological polar surface area (TPSA) is 84.5 Å². The molecule has 2 N–H and O–H groups in total. The van der Waals surface area contributed by atoms with Crippen molar-refractivity contribution in [2.45, 2.75) is 24.4 Å². The highest BCUT2D eigenvalue weighted by Crippen LogP contribution is 2.28. The summed E-state index contributed by atoms with van der Waals surface area (Å²) in [6.45, 7) is 1.83. The lowest BCUT2D eigenvalue weighted by atomic mass is 10.1. The zero-order chi connectivity index (χ0) is 23.1. The molecule has 0 fully saturated rings. The third-order valence-corrected chi connectivity index (χ3v) is 6.69. The Morgan fingerprint density at radius 1 is 1.00 bits per heavy atom. The second-order valence-electron chi connectivity index (χ2n) is 7.04. The van der Waals surface area contributed by atoms with Crippen LogP contribution < -0.4 is 14.8 Å². The molecule has 6 nitrogen and oxygen atoms in total. The second-order valence-corrected chi connectivity index (χ2v) is 9.60.